The lowest BCUT2D eigenvalue weighted by Gasteiger charge is -2.18. The van der Waals surface area contributed by atoms with Crippen LogP contribution in [0.15, 0.2) is 29.3 Å². The molecule has 180 valence electrons. The van der Waals surface area contributed by atoms with Crippen molar-refractivity contribution >= 4 is 51.3 Å². The molecule has 1 aliphatic rings. The van der Waals surface area contributed by atoms with Crippen molar-refractivity contribution in [3.05, 3.63) is 45.0 Å². The van der Waals surface area contributed by atoms with Crippen molar-refractivity contribution in [3.63, 3.8) is 0 Å². The third-order valence-electron chi connectivity index (χ3n) is 5.59. The Morgan fingerprint density at radius 1 is 1.41 bits per heavy atom. The summed E-state index contributed by atoms with van der Waals surface area (Å²) in [7, 11) is 0. The number of thiophene rings is 2. The predicted octanol–water partition coefficient (Wildman–Crippen LogP) is 5.59. The number of hydrogen-bond acceptors (Lipinski definition) is 8. The number of carbonyl (C=O) groups is 2. The van der Waals surface area contributed by atoms with Gasteiger partial charge in [-0.1, -0.05) is 24.8 Å². The number of carbonyl (C=O) groups excluding carboxylic acids is 2. The number of thioether (sulfide) groups is 1. The highest BCUT2D eigenvalue weighted by molar-refractivity contribution is 7.99. The van der Waals surface area contributed by atoms with E-state index in [0.717, 1.165) is 36.2 Å². The highest BCUT2D eigenvalue weighted by Gasteiger charge is 2.29. The molecule has 0 fully saturated rings. The molecule has 0 aliphatic heterocycles. The Labute approximate surface area is 211 Å². The molecule has 0 saturated heterocycles. The van der Waals surface area contributed by atoms with E-state index in [9.17, 15) is 9.59 Å². The second kappa shape index (κ2) is 10.9. The summed E-state index contributed by atoms with van der Waals surface area (Å²) in [5, 5.41) is 14.9. The second-order valence-corrected chi connectivity index (χ2v) is 11.4. The average molecular weight is 517 g/mol. The molecule has 4 rings (SSSR count). The average Bonchev–Trinajstić information content (AvgIpc) is 3.49. The molecule has 10 heteroatoms. The maximum absolute atomic E-state index is 12.9. The van der Waals surface area contributed by atoms with Crippen molar-refractivity contribution in [2.45, 2.75) is 51.7 Å². The SMILES string of the molecule is C=CCn1c(SCC(=O)Nc2sc3c(c2C(=O)OCC)CCC(C)C3)nnc1-c1csc(C)c1. The lowest BCUT2D eigenvalue weighted by Crippen LogP contribution is -2.18. The summed E-state index contributed by atoms with van der Waals surface area (Å²) in [4.78, 5) is 28.0. The van der Waals surface area contributed by atoms with Crippen LogP contribution < -0.4 is 5.32 Å². The van der Waals surface area contributed by atoms with E-state index in [2.05, 4.69) is 47.4 Å². The van der Waals surface area contributed by atoms with Gasteiger partial charge in [0.25, 0.3) is 0 Å². The summed E-state index contributed by atoms with van der Waals surface area (Å²) in [6, 6.07) is 2.08. The van der Waals surface area contributed by atoms with Crippen LogP contribution in [0.25, 0.3) is 11.4 Å². The van der Waals surface area contributed by atoms with Crippen LogP contribution in [-0.4, -0.2) is 39.0 Å². The van der Waals surface area contributed by atoms with Crippen LogP contribution >= 0.6 is 34.4 Å². The molecule has 1 N–H and O–H groups in total. The molecule has 1 aliphatic carbocycles. The largest absolute Gasteiger partial charge is 0.462 e. The standard InChI is InChI=1S/C24H28N4O3S3/c1-5-9-28-21(16-11-15(4)32-12-16)26-27-24(28)33-13-19(29)25-22-20(23(30)31-6-2)17-8-7-14(3)10-18(17)34-22/h5,11-12,14H,1,6-10,13H2,2-4H3,(H,25,29). The number of anilines is 1. The normalized spacial score (nSPS) is 15.1. The second-order valence-electron chi connectivity index (χ2n) is 8.26. The van der Waals surface area contributed by atoms with E-state index < -0.39 is 0 Å². The van der Waals surface area contributed by atoms with Crippen LogP contribution in [-0.2, 0) is 28.9 Å². The van der Waals surface area contributed by atoms with Gasteiger partial charge in [-0.2, -0.15) is 0 Å². The maximum Gasteiger partial charge on any atom is 0.341 e. The monoisotopic (exact) mass is 516 g/mol. The highest BCUT2D eigenvalue weighted by Crippen LogP contribution is 2.40. The summed E-state index contributed by atoms with van der Waals surface area (Å²) in [6.45, 7) is 10.7. The minimum Gasteiger partial charge on any atom is -0.462 e. The molecule has 3 aromatic heterocycles. The maximum atomic E-state index is 12.9. The lowest BCUT2D eigenvalue weighted by molar-refractivity contribution is -0.113. The van der Waals surface area contributed by atoms with Crippen molar-refractivity contribution in [1.29, 1.82) is 0 Å². The number of esters is 1. The third-order valence-corrected chi connectivity index (χ3v) is 8.59. The number of allylic oxidation sites excluding steroid dienone is 1. The zero-order valence-corrected chi connectivity index (χ0v) is 22.0. The lowest BCUT2D eigenvalue weighted by atomic mass is 9.88. The Morgan fingerprint density at radius 3 is 2.94 bits per heavy atom. The van der Waals surface area contributed by atoms with Crippen molar-refractivity contribution in [2.24, 2.45) is 5.92 Å². The summed E-state index contributed by atoms with van der Waals surface area (Å²) < 4.78 is 7.26. The van der Waals surface area contributed by atoms with E-state index in [4.69, 9.17) is 4.74 Å². The Morgan fingerprint density at radius 2 is 2.24 bits per heavy atom. The van der Waals surface area contributed by atoms with Crippen molar-refractivity contribution in [3.8, 4) is 11.4 Å². The molecule has 0 aromatic carbocycles. The third kappa shape index (κ3) is 5.29. The topological polar surface area (TPSA) is 86.1 Å². The van der Waals surface area contributed by atoms with Crippen molar-refractivity contribution < 1.29 is 14.3 Å². The van der Waals surface area contributed by atoms with Gasteiger partial charge < -0.3 is 10.1 Å². The number of aromatic nitrogens is 3. The van der Waals surface area contributed by atoms with Crippen molar-refractivity contribution in [2.75, 3.05) is 17.7 Å². The minimum absolute atomic E-state index is 0.152. The van der Waals surface area contributed by atoms with E-state index in [0.29, 0.717) is 34.8 Å². The zero-order valence-electron chi connectivity index (χ0n) is 19.6. The van der Waals surface area contributed by atoms with E-state index in [1.165, 1.54) is 32.9 Å². The van der Waals surface area contributed by atoms with Gasteiger partial charge in [0.1, 0.15) is 5.00 Å². The first-order valence-corrected chi connectivity index (χ1v) is 13.9. The van der Waals surface area contributed by atoms with E-state index in [1.54, 1.807) is 24.3 Å². The van der Waals surface area contributed by atoms with Crippen LogP contribution in [0.4, 0.5) is 5.00 Å². The molecular formula is C24H28N4O3S3. The number of fused-ring (bicyclic) bond motifs is 1. The minimum atomic E-state index is -0.362. The van der Waals surface area contributed by atoms with E-state index >= 15 is 0 Å². The fraction of sp³-hybridized carbons (Fsp3) is 0.417. The van der Waals surface area contributed by atoms with Crippen LogP contribution in [0.1, 0.15) is 45.9 Å². The van der Waals surface area contributed by atoms with Crippen LogP contribution in [0.3, 0.4) is 0 Å². The first-order chi connectivity index (χ1) is 16.4. The fourth-order valence-electron chi connectivity index (χ4n) is 4.01. The molecular weight excluding hydrogens is 488 g/mol. The number of amides is 1. The van der Waals surface area contributed by atoms with Crippen LogP contribution in [0, 0.1) is 12.8 Å². The number of hydrogen-bond donors (Lipinski definition) is 1. The summed E-state index contributed by atoms with van der Waals surface area (Å²) in [6.07, 6.45) is 4.58. The summed E-state index contributed by atoms with van der Waals surface area (Å²) in [5.41, 5.74) is 2.56. The molecule has 0 saturated carbocycles. The van der Waals surface area contributed by atoms with Crippen LogP contribution in [0.2, 0.25) is 0 Å². The molecule has 34 heavy (non-hydrogen) atoms. The Balaban J connectivity index is 1.50. The molecule has 1 unspecified atom stereocenters. The molecule has 3 heterocycles. The summed E-state index contributed by atoms with van der Waals surface area (Å²) in [5.74, 6) is 0.927. The van der Waals surface area contributed by atoms with Gasteiger partial charge >= 0.3 is 5.97 Å². The molecule has 1 atom stereocenters. The Hall–Kier alpha value is -2.43. The van der Waals surface area contributed by atoms with E-state index in [-0.39, 0.29) is 17.6 Å². The van der Waals surface area contributed by atoms with Crippen molar-refractivity contribution in [1.82, 2.24) is 14.8 Å². The van der Waals surface area contributed by atoms with Gasteiger partial charge in [-0.05, 0) is 50.7 Å². The number of ether oxygens (including phenoxy) is 1. The smallest absolute Gasteiger partial charge is 0.341 e. The Kier molecular flexibility index (Phi) is 7.90. The molecule has 7 nitrogen and oxygen atoms in total. The van der Waals surface area contributed by atoms with Gasteiger partial charge in [0.2, 0.25) is 5.91 Å². The number of aryl methyl sites for hydroxylation is 1. The molecule has 0 spiro atoms. The first kappa shape index (κ1) is 24.7. The fourth-order valence-corrected chi connectivity index (χ4v) is 6.86. The molecule has 3 aromatic rings. The van der Waals surface area contributed by atoms with E-state index in [1.807, 2.05) is 4.57 Å². The Bertz CT molecular complexity index is 1210. The molecule has 0 bridgehead atoms. The van der Waals surface area contributed by atoms with Gasteiger partial charge in [0.15, 0.2) is 11.0 Å². The quantitative estimate of drug-likeness (QED) is 0.227. The van der Waals surface area contributed by atoms with Gasteiger partial charge in [-0.3, -0.25) is 9.36 Å². The zero-order chi connectivity index (χ0) is 24.2. The first-order valence-electron chi connectivity index (χ1n) is 11.2. The predicted molar refractivity (Wildman–Crippen MR) is 139 cm³/mol. The highest BCUT2D eigenvalue weighted by atomic mass is 32.2. The van der Waals surface area contributed by atoms with Crippen LogP contribution in [0.5, 0.6) is 0 Å². The number of nitrogens with one attached hydrogen (secondary N) is 1. The number of rotatable bonds is 9. The van der Waals surface area contributed by atoms with Gasteiger partial charge in [0.05, 0.1) is 17.9 Å². The molecule has 1 amide bonds. The van der Waals surface area contributed by atoms with Gasteiger partial charge in [-0.15, -0.1) is 39.4 Å². The molecule has 0 radical (unpaired) electrons. The number of nitrogens with zero attached hydrogens (tertiary/aromatic N) is 3. The van der Waals surface area contributed by atoms with Gasteiger partial charge in [0, 0.05) is 27.2 Å². The van der Waals surface area contributed by atoms with Gasteiger partial charge in [-0.25, -0.2) is 4.79 Å². The summed E-state index contributed by atoms with van der Waals surface area (Å²) >= 11 is 4.47.